The van der Waals surface area contributed by atoms with Gasteiger partial charge >= 0.3 is 0 Å². The fourth-order valence-corrected chi connectivity index (χ4v) is 2.50. The van der Waals surface area contributed by atoms with Crippen LogP contribution in [-0.4, -0.2) is 19.1 Å². The summed E-state index contributed by atoms with van der Waals surface area (Å²) in [7, 11) is 3.75. The monoisotopic (exact) mass is 289 g/mol. The van der Waals surface area contributed by atoms with E-state index in [0.717, 1.165) is 6.54 Å². The summed E-state index contributed by atoms with van der Waals surface area (Å²) in [6.07, 6.45) is 0. The smallest absolute Gasteiger partial charge is 0.137 e. The second kappa shape index (κ2) is 6.78. The minimum absolute atomic E-state index is 0.358. The van der Waals surface area contributed by atoms with Gasteiger partial charge in [-0.05, 0) is 37.2 Å². The Morgan fingerprint density at radius 3 is 2.45 bits per heavy atom. The molecular weight excluding hydrogens is 270 g/mol. The molecule has 3 heteroatoms. The molecule has 0 saturated carbocycles. The Hall–Kier alpha value is -1.51. The van der Waals surface area contributed by atoms with E-state index < -0.39 is 0 Å². The predicted octanol–water partition coefficient (Wildman–Crippen LogP) is 4.54. The minimum Gasteiger partial charge on any atom is -0.495 e. The van der Waals surface area contributed by atoms with E-state index in [1.165, 1.54) is 11.1 Å². The molecule has 0 saturated heterocycles. The summed E-state index contributed by atoms with van der Waals surface area (Å²) < 4.78 is 5.18. The molecule has 0 unspecified atom stereocenters. The van der Waals surface area contributed by atoms with Crippen LogP contribution in [0.15, 0.2) is 48.5 Å². The normalized spacial score (nSPS) is 12.4. The lowest BCUT2D eigenvalue weighted by Gasteiger charge is -2.25. The van der Waals surface area contributed by atoms with Crippen LogP contribution in [0.1, 0.15) is 24.1 Å². The van der Waals surface area contributed by atoms with Gasteiger partial charge in [0.25, 0.3) is 0 Å². The first-order valence-electron chi connectivity index (χ1n) is 6.69. The van der Waals surface area contributed by atoms with E-state index in [1.54, 1.807) is 7.11 Å². The molecular formula is C17H20ClNO. The summed E-state index contributed by atoms with van der Waals surface area (Å²) >= 11 is 6.17. The summed E-state index contributed by atoms with van der Waals surface area (Å²) in [4.78, 5) is 2.30. The van der Waals surface area contributed by atoms with E-state index in [0.29, 0.717) is 16.8 Å². The van der Waals surface area contributed by atoms with E-state index in [9.17, 15) is 0 Å². The summed E-state index contributed by atoms with van der Waals surface area (Å²) in [5.74, 6) is 0.717. The number of hydrogen-bond acceptors (Lipinski definition) is 2. The van der Waals surface area contributed by atoms with Crippen LogP contribution in [-0.2, 0) is 6.54 Å². The molecule has 106 valence electrons. The van der Waals surface area contributed by atoms with Gasteiger partial charge in [0.1, 0.15) is 5.75 Å². The molecule has 0 aromatic heterocycles. The van der Waals surface area contributed by atoms with Crippen molar-refractivity contribution in [3.05, 3.63) is 64.7 Å². The maximum Gasteiger partial charge on any atom is 0.137 e. The molecule has 0 aliphatic rings. The Balaban J connectivity index is 2.08. The van der Waals surface area contributed by atoms with Gasteiger partial charge in [-0.2, -0.15) is 0 Å². The highest BCUT2D eigenvalue weighted by Gasteiger charge is 2.12. The van der Waals surface area contributed by atoms with Crippen LogP contribution in [0.4, 0.5) is 0 Å². The van der Waals surface area contributed by atoms with E-state index >= 15 is 0 Å². The molecule has 0 spiro atoms. The number of benzene rings is 2. The average Bonchev–Trinajstić information content (AvgIpc) is 2.47. The van der Waals surface area contributed by atoms with Crippen molar-refractivity contribution in [3.63, 3.8) is 0 Å². The lowest BCUT2D eigenvalue weighted by Crippen LogP contribution is -2.21. The molecule has 0 heterocycles. The van der Waals surface area contributed by atoms with E-state index in [1.807, 2.05) is 18.2 Å². The number of halogens is 1. The van der Waals surface area contributed by atoms with Crippen LogP contribution in [0.5, 0.6) is 5.75 Å². The zero-order valence-corrected chi connectivity index (χ0v) is 12.9. The number of hydrogen-bond donors (Lipinski definition) is 0. The number of ether oxygens (including phenoxy) is 1. The summed E-state index contributed by atoms with van der Waals surface area (Å²) in [5, 5.41) is 0.658. The zero-order valence-electron chi connectivity index (χ0n) is 12.1. The number of rotatable bonds is 5. The highest BCUT2D eigenvalue weighted by Crippen LogP contribution is 2.27. The number of nitrogens with zero attached hydrogens (tertiary/aromatic N) is 1. The molecule has 0 aliphatic carbocycles. The molecule has 2 nitrogen and oxygen atoms in total. The average molecular weight is 290 g/mol. The van der Waals surface area contributed by atoms with Crippen molar-refractivity contribution < 1.29 is 4.74 Å². The van der Waals surface area contributed by atoms with Crippen LogP contribution >= 0.6 is 11.6 Å². The SMILES string of the molecule is COc1ccc(CN(C)[C@H](C)c2ccccc2)cc1Cl. The molecule has 0 N–H and O–H groups in total. The fourth-order valence-electron chi connectivity index (χ4n) is 2.22. The van der Waals surface area contributed by atoms with Crippen molar-refractivity contribution >= 4 is 11.6 Å². The second-order valence-electron chi connectivity index (χ2n) is 4.97. The van der Waals surface area contributed by atoms with Gasteiger partial charge in [-0.25, -0.2) is 0 Å². The van der Waals surface area contributed by atoms with Crippen LogP contribution in [0, 0.1) is 0 Å². The highest BCUT2D eigenvalue weighted by molar-refractivity contribution is 6.32. The molecule has 2 aromatic rings. The van der Waals surface area contributed by atoms with Crippen molar-refractivity contribution in [1.29, 1.82) is 0 Å². The predicted molar refractivity (Wildman–Crippen MR) is 84.3 cm³/mol. The third-order valence-corrected chi connectivity index (χ3v) is 3.89. The number of methoxy groups -OCH3 is 1. The lowest BCUT2D eigenvalue weighted by molar-refractivity contribution is 0.253. The zero-order chi connectivity index (χ0) is 14.5. The molecule has 2 rings (SSSR count). The van der Waals surface area contributed by atoms with E-state index in [-0.39, 0.29) is 0 Å². The van der Waals surface area contributed by atoms with Crippen LogP contribution in [0.2, 0.25) is 5.02 Å². The third-order valence-electron chi connectivity index (χ3n) is 3.59. The second-order valence-corrected chi connectivity index (χ2v) is 5.38. The van der Waals surface area contributed by atoms with Gasteiger partial charge in [-0.3, -0.25) is 4.90 Å². The van der Waals surface area contributed by atoms with Gasteiger partial charge in [0, 0.05) is 12.6 Å². The Morgan fingerprint density at radius 2 is 1.85 bits per heavy atom. The van der Waals surface area contributed by atoms with E-state index in [4.69, 9.17) is 16.3 Å². The van der Waals surface area contributed by atoms with Crippen LogP contribution in [0.3, 0.4) is 0 Å². The minimum atomic E-state index is 0.358. The van der Waals surface area contributed by atoms with Crippen molar-refractivity contribution in [2.24, 2.45) is 0 Å². The van der Waals surface area contributed by atoms with Gasteiger partial charge in [0.15, 0.2) is 0 Å². The summed E-state index contributed by atoms with van der Waals surface area (Å²) in [5.41, 5.74) is 2.50. The lowest BCUT2D eigenvalue weighted by atomic mass is 10.1. The van der Waals surface area contributed by atoms with Gasteiger partial charge in [0.05, 0.1) is 12.1 Å². The third kappa shape index (κ3) is 3.53. The van der Waals surface area contributed by atoms with Gasteiger partial charge in [-0.1, -0.05) is 48.0 Å². The first-order valence-corrected chi connectivity index (χ1v) is 7.07. The van der Waals surface area contributed by atoms with E-state index in [2.05, 4.69) is 49.2 Å². The van der Waals surface area contributed by atoms with Gasteiger partial charge in [0.2, 0.25) is 0 Å². The van der Waals surface area contributed by atoms with Crippen LogP contribution < -0.4 is 4.74 Å². The molecule has 0 aliphatic heterocycles. The van der Waals surface area contributed by atoms with Crippen molar-refractivity contribution in [2.45, 2.75) is 19.5 Å². The largest absolute Gasteiger partial charge is 0.495 e. The van der Waals surface area contributed by atoms with Gasteiger partial charge in [-0.15, -0.1) is 0 Å². The molecule has 0 radical (unpaired) electrons. The molecule has 2 aromatic carbocycles. The Bertz CT molecular complexity index is 556. The Morgan fingerprint density at radius 1 is 1.15 bits per heavy atom. The van der Waals surface area contributed by atoms with Crippen molar-refractivity contribution in [1.82, 2.24) is 4.90 Å². The van der Waals surface area contributed by atoms with Crippen molar-refractivity contribution in [3.8, 4) is 5.75 Å². The maximum atomic E-state index is 6.17. The van der Waals surface area contributed by atoms with Crippen LogP contribution in [0.25, 0.3) is 0 Å². The highest BCUT2D eigenvalue weighted by atomic mass is 35.5. The molecule has 0 amide bonds. The van der Waals surface area contributed by atoms with Gasteiger partial charge < -0.3 is 4.74 Å². The molecule has 1 atom stereocenters. The summed E-state index contributed by atoms with van der Waals surface area (Å²) in [6, 6.07) is 16.8. The molecule has 20 heavy (non-hydrogen) atoms. The Kier molecular flexibility index (Phi) is 5.05. The first-order chi connectivity index (χ1) is 9.61. The topological polar surface area (TPSA) is 12.5 Å². The quantitative estimate of drug-likeness (QED) is 0.801. The molecule has 0 fully saturated rings. The summed E-state index contributed by atoms with van der Waals surface area (Å²) in [6.45, 7) is 3.06. The molecule has 0 bridgehead atoms. The standard InChI is InChI=1S/C17H20ClNO/c1-13(15-7-5-4-6-8-15)19(2)12-14-9-10-17(20-3)16(18)11-14/h4-11,13H,12H2,1-3H3/t13-/m1/s1. The van der Waals surface area contributed by atoms with Crippen molar-refractivity contribution in [2.75, 3.05) is 14.2 Å². The first kappa shape index (κ1) is 14.9. The Labute approximate surface area is 125 Å². The fraction of sp³-hybridized carbons (Fsp3) is 0.294. The maximum absolute atomic E-state index is 6.17.